The SMILES string of the molecule is CCCCCCCCCCCCCCCCCCn1cc[n+](CCCCCCCCCCCCCCCCCC)c1.O=C([O-])[O-].[H+]. The smallest absolute Gasteiger partial charge is 0.652 e. The molecule has 0 amide bonds. The zero-order valence-electron chi connectivity index (χ0n) is 31.4. The summed E-state index contributed by atoms with van der Waals surface area (Å²) in [5, 5.41) is 16.7. The summed E-state index contributed by atoms with van der Waals surface area (Å²) >= 11 is 0. The molecule has 5 nitrogen and oxygen atoms in total. The molecule has 0 N–H and O–H groups in total. The van der Waals surface area contributed by atoms with E-state index in [1.165, 1.54) is 219 Å². The Bertz CT molecular complexity index is 658. The number of unbranched alkanes of at least 4 members (excludes halogenated alkanes) is 30. The Labute approximate surface area is 282 Å². The Morgan fingerprint density at radius 3 is 1.07 bits per heavy atom. The summed E-state index contributed by atoms with van der Waals surface area (Å²) < 4.78 is 4.83. The average molecular weight is 635 g/mol. The first-order chi connectivity index (χ1) is 22.1. The second-order valence-corrected chi connectivity index (χ2v) is 13.7. The van der Waals surface area contributed by atoms with E-state index in [1.54, 1.807) is 0 Å². The van der Waals surface area contributed by atoms with Crippen LogP contribution in [0, 0.1) is 0 Å². The minimum atomic E-state index is -2.33. The van der Waals surface area contributed by atoms with Crippen LogP contribution < -0.4 is 14.8 Å². The fourth-order valence-electron chi connectivity index (χ4n) is 6.39. The number of hydrogen-bond donors (Lipinski definition) is 0. The van der Waals surface area contributed by atoms with Crippen LogP contribution in [0.1, 0.15) is 221 Å². The van der Waals surface area contributed by atoms with Crippen molar-refractivity contribution in [3.05, 3.63) is 18.7 Å². The number of hydrogen-bond acceptors (Lipinski definition) is 3. The highest BCUT2D eigenvalue weighted by atomic mass is 16.6. The number of rotatable bonds is 34. The molecule has 0 unspecified atom stereocenters. The second kappa shape index (κ2) is 36.9. The third kappa shape index (κ3) is 36.8. The molecule has 0 aliphatic carbocycles. The van der Waals surface area contributed by atoms with E-state index >= 15 is 0 Å². The standard InChI is InChI=1S/C39H77N2.CH2O3/c1-3-5-7-9-11-13-15-17-19-21-23-25-27-29-31-33-35-40-37-38-41(39-40)36-34-32-30-28-26-24-22-20-18-16-14-12-10-8-6-4-2;2-1(3)4/h37-39H,3-36H2,1-2H3;(H2,2,3,4)/q+1;/p-1. The van der Waals surface area contributed by atoms with E-state index in [-0.39, 0.29) is 1.43 Å². The second-order valence-electron chi connectivity index (χ2n) is 13.7. The summed E-state index contributed by atoms with van der Waals surface area (Å²) in [5.41, 5.74) is 0. The van der Waals surface area contributed by atoms with Gasteiger partial charge in [-0.1, -0.05) is 194 Å². The van der Waals surface area contributed by atoms with Crippen LogP contribution in [0.15, 0.2) is 18.7 Å². The Balaban J connectivity index is 0. The molecular weight excluding hydrogens is 556 g/mol. The first-order valence-electron chi connectivity index (χ1n) is 20.0. The molecule has 0 aliphatic heterocycles. The van der Waals surface area contributed by atoms with Gasteiger partial charge in [0, 0.05) is 0 Å². The molecule has 5 heteroatoms. The molecule has 266 valence electrons. The number of carbonyl (C=O) groups is 1. The van der Waals surface area contributed by atoms with Crippen molar-refractivity contribution in [2.75, 3.05) is 0 Å². The molecule has 0 aromatic carbocycles. The number of aryl methyl sites for hydroxylation is 2. The minimum Gasteiger partial charge on any atom is -0.652 e. The molecule has 0 aliphatic rings. The molecule has 0 atom stereocenters. The van der Waals surface area contributed by atoms with E-state index in [9.17, 15) is 0 Å². The molecule has 1 heterocycles. The van der Waals surface area contributed by atoms with E-state index in [4.69, 9.17) is 15.0 Å². The highest BCUT2D eigenvalue weighted by Gasteiger charge is 2.04. The van der Waals surface area contributed by atoms with Crippen LogP contribution in [0.3, 0.4) is 0 Å². The van der Waals surface area contributed by atoms with Gasteiger partial charge < -0.3 is 15.0 Å². The summed E-state index contributed by atoms with van der Waals surface area (Å²) in [7, 11) is 0. The van der Waals surface area contributed by atoms with Crippen molar-refractivity contribution < 1.29 is 21.0 Å². The van der Waals surface area contributed by atoms with Gasteiger partial charge in [-0.15, -0.1) is 0 Å². The van der Waals surface area contributed by atoms with Gasteiger partial charge in [0.1, 0.15) is 12.4 Å². The largest absolute Gasteiger partial charge is 1.00 e. The van der Waals surface area contributed by atoms with Crippen molar-refractivity contribution in [1.29, 1.82) is 0 Å². The van der Waals surface area contributed by atoms with Crippen LogP contribution in [0.25, 0.3) is 0 Å². The van der Waals surface area contributed by atoms with E-state index < -0.39 is 6.16 Å². The van der Waals surface area contributed by atoms with Crippen molar-refractivity contribution in [3.8, 4) is 0 Å². The molecule has 0 saturated heterocycles. The maximum Gasteiger partial charge on any atom is 1.00 e. The maximum atomic E-state index is 8.33. The Morgan fingerprint density at radius 1 is 0.489 bits per heavy atom. The Kier molecular flexibility index (Phi) is 35.7. The first kappa shape index (κ1) is 43.5. The molecular formula is C40H78N2O3. The lowest BCUT2D eigenvalue weighted by Crippen LogP contribution is -2.37. The van der Waals surface area contributed by atoms with Crippen LogP contribution >= 0.6 is 0 Å². The van der Waals surface area contributed by atoms with Gasteiger partial charge in [0.05, 0.1) is 13.1 Å². The fourth-order valence-corrected chi connectivity index (χ4v) is 6.39. The highest BCUT2D eigenvalue weighted by Crippen LogP contribution is 2.15. The lowest BCUT2D eigenvalue weighted by atomic mass is 10.0. The van der Waals surface area contributed by atoms with Gasteiger partial charge in [-0.3, -0.25) is 0 Å². The van der Waals surface area contributed by atoms with Crippen molar-refractivity contribution in [2.45, 2.75) is 232 Å². The van der Waals surface area contributed by atoms with Crippen molar-refractivity contribution in [2.24, 2.45) is 0 Å². The predicted molar refractivity (Wildman–Crippen MR) is 190 cm³/mol. The van der Waals surface area contributed by atoms with Gasteiger partial charge in [-0.2, -0.15) is 0 Å². The normalized spacial score (nSPS) is 11.1. The Hall–Kier alpha value is -1.52. The summed E-state index contributed by atoms with van der Waals surface area (Å²) in [6, 6.07) is 0. The van der Waals surface area contributed by atoms with Crippen LogP contribution in [0.5, 0.6) is 0 Å². The number of aromatic nitrogens is 2. The zero-order chi connectivity index (χ0) is 32.9. The van der Waals surface area contributed by atoms with E-state index in [1.807, 2.05) is 0 Å². The minimum absolute atomic E-state index is 0. The monoisotopic (exact) mass is 635 g/mol. The lowest BCUT2D eigenvalue weighted by Gasteiger charge is -2.03. The predicted octanol–water partition coefficient (Wildman–Crippen LogP) is 11.0. The fraction of sp³-hybridized carbons (Fsp3) is 0.900. The quantitative estimate of drug-likeness (QED) is 0.0559. The highest BCUT2D eigenvalue weighted by molar-refractivity contribution is 5.47. The molecule has 0 radical (unpaired) electrons. The molecule has 0 fully saturated rings. The number of carboxylic acid groups (broad SMARTS) is 2. The summed E-state index contributed by atoms with van der Waals surface area (Å²) in [5.74, 6) is 0. The van der Waals surface area contributed by atoms with Gasteiger partial charge >= 0.3 is 1.43 Å². The van der Waals surface area contributed by atoms with E-state index in [0.29, 0.717) is 0 Å². The van der Waals surface area contributed by atoms with Crippen molar-refractivity contribution in [3.63, 3.8) is 0 Å². The van der Waals surface area contributed by atoms with Gasteiger partial charge in [0.2, 0.25) is 6.33 Å². The van der Waals surface area contributed by atoms with Crippen LogP contribution in [0.2, 0.25) is 0 Å². The third-order valence-corrected chi connectivity index (χ3v) is 9.29. The summed E-state index contributed by atoms with van der Waals surface area (Å²) in [6.07, 6.45) is 50.8. The number of imidazole rings is 1. The molecule has 0 bridgehead atoms. The Morgan fingerprint density at radius 2 is 0.756 bits per heavy atom. The first-order valence-corrected chi connectivity index (χ1v) is 20.0. The average Bonchev–Trinajstić information content (AvgIpc) is 3.48. The molecule has 1 rings (SSSR count). The zero-order valence-corrected chi connectivity index (χ0v) is 30.4. The maximum absolute atomic E-state index is 8.33. The lowest BCUT2D eigenvalue weighted by molar-refractivity contribution is -0.696. The van der Waals surface area contributed by atoms with Crippen LogP contribution in [0.4, 0.5) is 4.79 Å². The van der Waals surface area contributed by atoms with Crippen LogP contribution in [-0.4, -0.2) is 10.7 Å². The molecule has 0 spiro atoms. The van der Waals surface area contributed by atoms with Gasteiger partial charge in [0.15, 0.2) is 0 Å². The summed E-state index contributed by atoms with van der Waals surface area (Å²) in [4.78, 5) is 8.33. The number of nitrogens with zero attached hydrogens (tertiary/aromatic N) is 2. The van der Waals surface area contributed by atoms with E-state index in [0.717, 1.165) is 0 Å². The third-order valence-electron chi connectivity index (χ3n) is 9.29. The molecule has 0 saturated carbocycles. The molecule has 1 aromatic heterocycles. The van der Waals surface area contributed by atoms with Gasteiger partial charge in [0.25, 0.3) is 0 Å². The van der Waals surface area contributed by atoms with Gasteiger partial charge in [-0.25, -0.2) is 9.13 Å². The van der Waals surface area contributed by atoms with E-state index in [2.05, 4.69) is 41.7 Å². The van der Waals surface area contributed by atoms with Gasteiger partial charge in [-0.05, 0) is 31.8 Å². The molecule has 1 aromatic rings. The van der Waals surface area contributed by atoms with Crippen LogP contribution in [-0.2, 0) is 13.1 Å². The topological polar surface area (TPSA) is 72.0 Å². The van der Waals surface area contributed by atoms with Crippen molar-refractivity contribution in [1.82, 2.24) is 4.57 Å². The van der Waals surface area contributed by atoms with Crippen molar-refractivity contribution >= 4 is 6.16 Å². The summed E-state index contributed by atoms with van der Waals surface area (Å²) in [6.45, 7) is 7.01. The molecule has 45 heavy (non-hydrogen) atoms. The number of carbonyl (C=O) groups excluding carboxylic acids is 1.